The van der Waals surface area contributed by atoms with Crippen LogP contribution in [-0.2, 0) is 6.54 Å². The third-order valence-electron chi connectivity index (χ3n) is 4.02. The number of nitrogens with zero attached hydrogens (tertiary/aromatic N) is 2. The lowest BCUT2D eigenvalue weighted by Gasteiger charge is -2.34. The van der Waals surface area contributed by atoms with Gasteiger partial charge in [0, 0.05) is 29.5 Å². The van der Waals surface area contributed by atoms with Crippen LogP contribution < -0.4 is 0 Å². The first-order valence-corrected chi connectivity index (χ1v) is 8.13. The van der Waals surface area contributed by atoms with Crippen molar-refractivity contribution in [1.29, 1.82) is 0 Å². The van der Waals surface area contributed by atoms with Crippen LogP contribution in [0.25, 0.3) is 10.9 Å². The fourth-order valence-corrected chi connectivity index (χ4v) is 3.69. The molecule has 100 valence electrons. The zero-order valence-electron chi connectivity index (χ0n) is 11.1. The quantitative estimate of drug-likeness (QED) is 0.796. The van der Waals surface area contributed by atoms with Gasteiger partial charge in [-0.3, -0.25) is 9.88 Å². The average molecular weight is 319 g/mol. The summed E-state index contributed by atoms with van der Waals surface area (Å²) in [4.78, 5) is 7.16. The van der Waals surface area contributed by atoms with Gasteiger partial charge in [-0.15, -0.1) is 0 Å². The topological polar surface area (TPSA) is 16.1 Å². The molecule has 2 heterocycles. The highest BCUT2D eigenvalue weighted by Crippen LogP contribution is 2.23. The van der Waals surface area contributed by atoms with Gasteiger partial charge in [0.05, 0.1) is 5.52 Å². The molecule has 1 fully saturated rings. The van der Waals surface area contributed by atoms with Gasteiger partial charge in [-0.2, -0.15) is 0 Å². The molecule has 1 aliphatic rings. The van der Waals surface area contributed by atoms with Gasteiger partial charge in [-0.05, 0) is 31.0 Å². The standard InChI is InChI=1S/C16H19BrN2/c17-11-15-8-1-2-10-19(15)12-14-6-3-5-13-7-4-9-18-16(13)14/h3-7,9,15H,1-2,8,10-12H2. The minimum Gasteiger partial charge on any atom is -0.295 e. The average Bonchev–Trinajstić information content (AvgIpc) is 2.48. The third kappa shape index (κ3) is 2.82. The number of hydrogen-bond donors (Lipinski definition) is 0. The Kier molecular flexibility index (Phi) is 4.14. The molecule has 0 amide bonds. The van der Waals surface area contributed by atoms with Crippen LogP contribution in [0.2, 0.25) is 0 Å². The number of fused-ring (bicyclic) bond motifs is 1. The number of pyridine rings is 1. The molecule has 3 heteroatoms. The predicted molar refractivity (Wildman–Crippen MR) is 83.6 cm³/mol. The fourth-order valence-electron chi connectivity index (χ4n) is 2.96. The van der Waals surface area contributed by atoms with Gasteiger partial charge in [-0.25, -0.2) is 0 Å². The Labute approximate surface area is 123 Å². The highest BCUT2D eigenvalue weighted by atomic mass is 79.9. The van der Waals surface area contributed by atoms with Crippen molar-refractivity contribution >= 4 is 26.8 Å². The molecular formula is C16H19BrN2. The first kappa shape index (κ1) is 13.1. The van der Waals surface area contributed by atoms with E-state index in [-0.39, 0.29) is 0 Å². The van der Waals surface area contributed by atoms with Crippen LogP contribution in [-0.4, -0.2) is 27.8 Å². The first-order chi connectivity index (χ1) is 9.38. The van der Waals surface area contributed by atoms with E-state index < -0.39 is 0 Å². The van der Waals surface area contributed by atoms with Crippen LogP contribution in [0.4, 0.5) is 0 Å². The van der Waals surface area contributed by atoms with Crippen molar-refractivity contribution in [3.63, 3.8) is 0 Å². The second kappa shape index (κ2) is 6.02. The zero-order valence-corrected chi connectivity index (χ0v) is 12.6. The number of aromatic nitrogens is 1. The van der Waals surface area contributed by atoms with Crippen LogP contribution in [0.5, 0.6) is 0 Å². The summed E-state index contributed by atoms with van der Waals surface area (Å²) in [5.74, 6) is 0. The molecule has 0 bridgehead atoms. The number of halogens is 1. The molecule has 2 nitrogen and oxygen atoms in total. The highest BCUT2D eigenvalue weighted by Gasteiger charge is 2.21. The summed E-state index contributed by atoms with van der Waals surface area (Å²) in [6.45, 7) is 2.23. The Balaban J connectivity index is 1.88. The lowest BCUT2D eigenvalue weighted by atomic mass is 10.0. The summed E-state index contributed by atoms with van der Waals surface area (Å²) in [7, 11) is 0. The molecule has 1 aromatic heterocycles. The normalized spacial score (nSPS) is 20.8. The van der Waals surface area contributed by atoms with E-state index in [2.05, 4.69) is 50.1 Å². The van der Waals surface area contributed by atoms with E-state index in [4.69, 9.17) is 0 Å². The number of alkyl halides is 1. The lowest BCUT2D eigenvalue weighted by Crippen LogP contribution is -2.39. The maximum Gasteiger partial charge on any atom is 0.0746 e. The Morgan fingerprint density at radius 2 is 2.11 bits per heavy atom. The summed E-state index contributed by atoms with van der Waals surface area (Å²) < 4.78 is 0. The van der Waals surface area contributed by atoms with Crippen LogP contribution >= 0.6 is 15.9 Å². The van der Waals surface area contributed by atoms with E-state index in [0.717, 1.165) is 17.4 Å². The molecule has 1 unspecified atom stereocenters. The van der Waals surface area contributed by atoms with Gasteiger partial charge in [-0.1, -0.05) is 46.6 Å². The zero-order chi connectivity index (χ0) is 13.1. The number of likely N-dealkylation sites (tertiary alicyclic amines) is 1. The molecule has 3 rings (SSSR count). The molecule has 1 aliphatic heterocycles. The number of rotatable bonds is 3. The maximum absolute atomic E-state index is 4.56. The van der Waals surface area contributed by atoms with E-state index >= 15 is 0 Å². The van der Waals surface area contributed by atoms with Gasteiger partial charge in [0.15, 0.2) is 0 Å². The van der Waals surface area contributed by atoms with E-state index in [1.165, 1.54) is 36.8 Å². The van der Waals surface area contributed by atoms with Crippen LogP contribution in [0, 0.1) is 0 Å². The van der Waals surface area contributed by atoms with Crippen molar-refractivity contribution in [2.45, 2.75) is 31.8 Å². The number of para-hydroxylation sites is 1. The molecule has 0 radical (unpaired) electrons. The summed E-state index contributed by atoms with van der Waals surface area (Å²) in [6, 6.07) is 11.3. The number of hydrogen-bond acceptors (Lipinski definition) is 2. The van der Waals surface area contributed by atoms with E-state index in [1.54, 1.807) is 0 Å². The SMILES string of the molecule is BrCC1CCCCN1Cc1cccc2cccnc12. The largest absolute Gasteiger partial charge is 0.295 e. The molecule has 1 atom stereocenters. The van der Waals surface area contributed by atoms with Crippen LogP contribution in [0.3, 0.4) is 0 Å². The minimum absolute atomic E-state index is 0.674. The monoisotopic (exact) mass is 318 g/mol. The van der Waals surface area contributed by atoms with Crippen molar-refractivity contribution in [1.82, 2.24) is 9.88 Å². The predicted octanol–water partition coefficient (Wildman–Crippen LogP) is 3.98. The second-order valence-corrected chi connectivity index (χ2v) is 5.91. The smallest absolute Gasteiger partial charge is 0.0746 e. The van der Waals surface area contributed by atoms with Crippen molar-refractivity contribution in [3.05, 3.63) is 42.1 Å². The second-order valence-electron chi connectivity index (χ2n) is 5.27. The maximum atomic E-state index is 4.56. The van der Waals surface area contributed by atoms with Gasteiger partial charge in [0.1, 0.15) is 0 Å². The van der Waals surface area contributed by atoms with E-state index in [0.29, 0.717) is 6.04 Å². The van der Waals surface area contributed by atoms with Crippen molar-refractivity contribution in [2.24, 2.45) is 0 Å². The van der Waals surface area contributed by atoms with Crippen molar-refractivity contribution in [2.75, 3.05) is 11.9 Å². The Hall–Kier alpha value is -0.930. The number of benzene rings is 1. The summed E-state index contributed by atoms with van der Waals surface area (Å²) >= 11 is 3.66. The minimum atomic E-state index is 0.674. The van der Waals surface area contributed by atoms with Crippen LogP contribution in [0.15, 0.2) is 36.5 Å². The number of piperidine rings is 1. The summed E-state index contributed by atoms with van der Waals surface area (Å²) in [6.07, 6.45) is 5.88. The van der Waals surface area contributed by atoms with Gasteiger partial charge < -0.3 is 0 Å². The highest BCUT2D eigenvalue weighted by molar-refractivity contribution is 9.09. The molecule has 1 saturated heterocycles. The first-order valence-electron chi connectivity index (χ1n) is 7.01. The van der Waals surface area contributed by atoms with Crippen LogP contribution in [0.1, 0.15) is 24.8 Å². The summed E-state index contributed by atoms with van der Waals surface area (Å²) in [5, 5.41) is 2.32. The molecule has 0 spiro atoms. The Morgan fingerprint density at radius 1 is 1.21 bits per heavy atom. The third-order valence-corrected chi connectivity index (χ3v) is 4.76. The van der Waals surface area contributed by atoms with Crippen molar-refractivity contribution in [3.8, 4) is 0 Å². The molecule has 0 aliphatic carbocycles. The van der Waals surface area contributed by atoms with E-state index in [9.17, 15) is 0 Å². The Morgan fingerprint density at radius 3 is 3.00 bits per heavy atom. The lowest BCUT2D eigenvalue weighted by molar-refractivity contribution is 0.157. The summed E-state index contributed by atoms with van der Waals surface area (Å²) in [5.41, 5.74) is 2.51. The van der Waals surface area contributed by atoms with Gasteiger partial charge in [0.2, 0.25) is 0 Å². The molecule has 1 aromatic carbocycles. The molecule has 0 N–H and O–H groups in total. The molecule has 0 saturated carbocycles. The fraction of sp³-hybridized carbons (Fsp3) is 0.438. The molecular weight excluding hydrogens is 300 g/mol. The molecule has 19 heavy (non-hydrogen) atoms. The van der Waals surface area contributed by atoms with E-state index in [1.807, 2.05) is 12.3 Å². The Bertz CT molecular complexity index is 550. The van der Waals surface area contributed by atoms with Gasteiger partial charge >= 0.3 is 0 Å². The van der Waals surface area contributed by atoms with Gasteiger partial charge in [0.25, 0.3) is 0 Å². The van der Waals surface area contributed by atoms with Crippen molar-refractivity contribution < 1.29 is 0 Å². The molecule has 2 aromatic rings.